The van der Waals surface area contributed by atoms with Crippen LogP contribution in [0.15, 0.2) is 47.4 Å². The Morgan fingerprint density at radius 2 is 1.67 bits per heavy atom. The molecule has 1 N–H and O–H groups in total. The van der Waals surface area contributed by atoms with Crippen molar-refractivity contribution in [1.29, 1.82) is 0 Å². The lowest BCUT2D eigenvalue weighted by Gasteiger charge is -2.10. The lowest BCUT2D eigenvalue weighted by molar-refractivity contribution is -0.255. The van der Waals surface area contributed by atoms with Gasteiger partial charge in [0.05, 0.1) is 11.0 Å². The summed E-state index contributed by atoms with van der Waals surface area (Å²) in [6.07, 6.45) is 0. The van der Waals surface area contributed by atoms with E-state index in [1.165, 1.54) is 42.5 Å². The van der Waals surface area contributed by atoms with Crippen LogP contribution in [0.4, 0.5) is 5.69 Å². The Bertz CT molecular complexity index is 788. The molecule has 0 spiro atoms. The van der Waals surface area contributed by atoms with E-state index in [2.05, 4.69) is 4.72 Å². The fourth-order valence-corrected chi connectivity index (χ4v) is 3.39. The van der Waals surface area contributed by atoms with Crippen molar-refractivity contribution in [3.63, 3.8) is 0 Å². The highest BCUT2D eigenvalue weighted by Crippen LogP contribution is 2.26. The molecule has 0 atom stereocenters. The number of halogens is 2. The average molecular weight is 345 g/mol. The summed E-state index contributed by atoms with van der Waals surface area (Å²) in [5, 5.41) is 10.9. The number of hydrogen-bond donors (Lipinski definition) is 1. The zero-order chi connectivity index (χ0) is 15.6. The average Bonchev–Trinajstić information content (AvgIpc) is 2.41. The van der Waals surface area contributed by atoms with Crippen LogP contribution in [-0.2, 0) is 10.0 Å². The van der Waals surface area contributed by atoms with E-state index in [4.69, 9.17) is 23.2 Å². The molecule has 21 heavy (non-hydrogen) atoms. The van der Waals surface area contributed by atoms with Gasteiger partial charge in [-0.2, -0.15) is 0 Å². The number of sulfonamides is 1. The van der Waals surface area contributed by atoms with Crippen LogP contribution in [0.2, 0.25) is 10.0 Å². The van der Waals surface area contributed by atoms with Crippen LogP contribution >= 0.6 is 23.2 Å². The third-order valence-corrected chi connectivity index (χ3v) is 4.65. The van der Waals surface area contributed by atoms with E-state index in [9.17, 15) is 18.3 Å². The Balaban J connectivity index is 2.33. The quantitative estimate of drug-likeness (QED) is 0.920. The molecular weight excluding hydrogens is 337 g/mol. The summed E-state index contributed by atoms with van der Waals surface area (Å²) in [5.41, 5.74) is 0.134. The van der Waals surface area contributed by atoms with Gasteiger partial charge in [-0.15, -0.1) is 0 Å². The second-order valence-electron chi connectivity index (χ2n) is 4.05. The van der Waals surface area contributed by atoms with Gasteiger partial charge in [-0.1, -0.05) is 35.3 Å². The van der Waals surface area contributed by atoms with E-state index < -0.39 is 16.0 Å². The molecule has 0 heterocycles. The molecule has 0 saturated carbocycles. The molecule has 0 fully saturated rings. The number of aromatic carboxylic acids is 1. The number of rotatable bonds is 4. The van der Waals surface area contributed by atoms with Crippen molar-refractivity contribution in [3.05, 3.63) is 58.1 Å². The Labute approximate surface area is 131 Å². The SMILES string of the molecule is O=C([O-])c1ccc(NS(=O)(=O)c2cc(Cl)ccc2Cl)cc1. The Morgan fingerprint density at radius 1 is 1.05 bits per heavy atom. The van der Waals surface area contributed by atoms with E-state index >= 15 is 0 Å². The highest BCUT2D eigenvalue weighted by Gasteiger charge is 2.18. The van der Waals surface area contributed by atoms with Crippen LogP contribution in [0, 0.1) is 0 Å². The summed E-state index contributed by atoms with van der Waals surface area (Å²) < 4.78 is 26.7. The summed E-state index contributed by atoms with van der Waals surface area (Å²) in [4.78, 5) is 10.5. The van der Waals surface area contributed by atoms with Gasteiger partial charge in [0.2, 0.25) is 0 Å². The first-order chi connectivity index (χ1) is 9.79. The fourth-order valence-electron chi connectivity index (χ4n) is 1.57. The van der Waals surface area contributed by atoms with Crippen LogP contribution in [0.3, 0.4) is 0 Å². The molecule has 0 radical (unpaired) electrons. The summed E-state index contributed by atoms with van der Waals surface area (Å²) >= 11 is 11.6. The maximum absolute atomic E-state index is 12.2. The maximum Gasteiger partial charge on any atom is 0.263 e. The summed E-state index contributed by atoms with van der Waals surface area (Å²) in [6, 6.07) is 9.14. The summed E-state index contributed by atoms with van der Waals surface area (Å²) in [5.74, 6) is -1.35. The number of hydrogen-bond acceptors (Lipinski definition) is 4. The number of carbonyl (C=O) groups excluding carboxylic acids is 1. The van der Waals surface area contributed by atoms with Gasteiger partial charge in [0.15, 0.2) is 0 Å². The monoisotopic (exact) mass is 344 g/mol. The van der Waals surface area contributed by atoms with Crippen molar-refractivity contribution in [3.8, 4) is 0 Å². The van der Waals surface area contributed by atoms with Gasteiger partial charge in [0.1, 0.15) is 4.90 Å². The second-order valence-corrected chi connectivity index (χ2v) is 6.54. The van der Waals surface area contributed by atoms with Crippen molar-refractivity contribution in [2.24, 2.45) is 0 Å². The predicted octanol–water partition coefficient (Wildman–Crippen LogP) is 2.16. The van der Waals surface area contributed by atoms with Gasteiger partial charge in [0.25, 0.3) is 10.0 Å². The number of carboxylic acid groups (broad SMARTS) is 1. The van der Waals surface area contributed by atoms with Gasteiger partial charge in [-0.3, -0.25) is 4.72 Å². The minimum absolute atomic E-state index is 0.0262. The normalized spacial score (nSPS) is 11.1. The molecule has 2 aromatic carbocycles. The molecule has 2 aromatic rings. The van der Waals surface area contributed by atoms with Gasteiger partial charge in [-0.25, -0.2) is 8.42 Å². The predicted molar refractivity (Wildman–Crippen MR) is 78.0 cm³/mol. The minimum Gasteiger partial charge on any atom is -0.545 e. The van der Waals surface area contributed by atoms with Crippen molar-refractivity contribution in [1.82, 2.24) is 0 Å². The number of nitrogens with one attached hydrogen (secondary N) is 1. The van der Waals surface area contributed by atoms with E-state index in [1.807, 2.05) is 0 Å². The number of anilines is 1. The standard InChI is InChI=1S/C13H9Cl2NO4S/c14-9-3-6-11(15)12(7-9)21(19,20)16-10-4-1-8(2-5-10)13(17)18/h1-7,16H,(H,17,18)/p-1. The van der Waals surface area contributed by atoms with Gasteiger partial charge < -0.3 is 9.90 Å². The third-order valence-electron chi connectivity index (χ3n) is 2.56. The molecule has 110 valence electrons. The maximum atomic E-state index is 12.2. The molecule has 8 heteroatoms. The van der Waals surface area contributed by atoms with Crippen molar-refractivity contribution >= 4 is 44.9 Å². The van der Waals surface area contributed by atoms with Gasteiger partial charge in [-0.05, 0) is 35.9 Å². The largest absolute Gasteiger partial charge is 0.545 e. The summed E-state index contributed by atoms with van der Waals surface area (Å²) in [7, 11) is -3.93. The summed E-state index contributed by atoms with van der Waals surface area (Å²) in [6.45, 7) is 0. The topological polar surface area (TPSA) is 86.3 Å². The molecule has 0 aromatic heterocycles. The Hall–Kier alpha value is -1.76. The van der Waals surface area contributed by atoms with Crippen molar-refractivity contribution in [2.75, 3.05) is 4.72 Å². The molecule has 0 aliphatic carbocycles. The molecule has 0 saturated heterocycles. The van der Waals surface area contributed by atoms with Crippen LogP contribution in [0.25, 0.3) is 0 Å². The number of carboxylic acids is 1. The molecule has 0 amide bonds. The highest BCUT2D eigenvalue weighted by molar-refractivity contribution is 7.92. The van der Waals surface area contributed by atoms with Crippen LogP contribution in [-0.4, -0.2) is 14.4 Å². The number of carbonyl (C=O) groups is 1. The molecular formula is C13H8Cl2NO4S-. The second kappa shape index (κ2) is 5.93. The van der Waals surface area contributed by atoms with Crippen LogP contribution < -0.4 is 9.83 Å². The molecule has 2 rings (SSSR count). The highest BCUT2D eigenvalue weighted by atomic mass is 35.5. The molecule has 0 bridgehead atoms. The third kappa shape index (κ3) is 3.66. The smallest absolute Gasteiger partial charge is 0.263 e. The van der Waals surface area contributed by atoms with Crippen molar-refractivity contribution in [2.45, 2.75) is 4.90 Å². The lowest BCUT2D eigenvalue weighted by atomic mass is 10.2. The van der Waals surface area contributed by atoms with Crippen LogP contribution in [0.1, 0.15) is 10.4 Å². The van der Waals surface area contributed by atoms with E-state index in [0.717, 1.165) is 0 Å². The molecule has 5 nitrogen and oxygen atoms in total. The molecule has 0 aliphatic heterocycles. The first kappa shape index (κ1) is 15.6. The molecule has 0 unspecified atom stereocenters. The zero-order valence-corrected chi connectivity index (χ0v) is 12.7. The molecule has 0 aliphatic rings. The van der Waals surface area contributed by atoms with E-state index in [-0.39, 0.29) is 26.2 Å². The van der Waals surface area contributed by atoms with E-state index in [0.29, 0.717) is 0 Å². The van der Waals surface area contributed by atoms with Crippen LogP contribution in [0.5, 0.6) is 0 Å². The fraction of sp³-hybridized carbons (Fsp3) is 0. The van der Waals surface area contributed by atoms with Crippen molar-refractivity contribution < 1.29 is 18.3 Å². The Kier molecular flexibility index (Phi) is 4.41. The lowest BCUT2D eigenvalue weighted by Crippen LogP contribution is -2.22. The van der Waals surface area contributed by atoms with Gasteiger partial charge >= 0.3 is 0 Å². The first-order valence-corrected chi connectivity index (χ1v) is 7.83. The minimum atomic E-state index is -3.93. The Morgan fingerprint density at radius 3 is 2.24 bits per heavy atom. The number of benzene rings is 2. The zero-order valence-electron chi connectivity index (χ0n) is 10.3. The van der Waals surface area contributed by atoms with E-state index in [1.54, 1.807) is 0 Å². The first-order valence-electron chi connectivity index (χ1n) is 5.59. The van der Waals surface area contributed by atoms with Gasteiger partial charge in [0, 0.05) is 10.7 Å².